The van der Waals surface area contributed by atoms with E-state index in [2.05, 4.69) is 41.8 Å². The average Bonchev–Trinajstić information content (AvgIpc) is 3.16. The van der Waals surface area contributed by atoms with Crippen LogP contribution in [-0.4, -0.2) is 39.3 Å². The van der Waals surface area contributed by atoms with Gasteiger partial charge in [0.15, 0.2) is 17.5 Å². The summed E-state index contributed by atoms with van der Waals surface area (Å²) >= 11 is 1.65. The largest absolute Gasteiger partial charge is 0.493 e. The molecule has 2 aromatic rings. The maximum absolute atomic E-state index is 5.40. The predicted octanol–water partition coefficient (Wildman–Crippen LogP) is 3.33. The summed E-state index contributed by atoms with van der Waals surface area (Å²) < 4.78 is 16.2. The lowest BCUT2D eigenvalue weighted by Gasteiger charge is -2.16. The van der Waals surface area contributed by atoms with Crippen LogP contribution in [0.5, 0.6) is 17.2 Å². The number of aliphatic imine (C=N–C) groups is 1. The van der Waals surface area contributed by atoms with Crippen molar-refractivity contribution in [1.29, 1.82) is 0 Å². The minimum absolute atomic E-state index is 0.0567. The van der Waals surface area contributed by atoms with E-state index >= 15 is 0 Å². The number of benzene rings is 1. The summed E-state index contributed by atoms with van der Waals surface area (Å²) in [5.74, 6) is 2.52. The van der Waals surface area contributed by atoms with Crippen LogP contribution in [0.4, 0.5) is 0 Å². The number of guanidine groups is 1. The van der Waals surface area contributed by atoms with Gasteiger partial charge in [0.1, 0.15) is 5.01 Å². The van der Waals surface area contributed by atoms with Crippen LogP contribution in [0.3, 0.4) is 0 Å². The van der Waals surface area contributed by atoms with Crippen molar-refractivity contribution in [3.05, 3.63) is 33.8 Å². The van der Waals surface area contributed by atoms with Gasteiger partial charge in [-0.3, -0.25) is 4.99 Å². The highest BCUT2D eigenvalue weighted by Gasteiger charge is 2.17. The molecule has 0 fully saturated rings. The van der Waals surface area contributed by atoms with Crippen LogP contribution in [-0.2, 0) is 18.5 Å². The Labute approximate surface area is 171 Å². The Kier molecular flexibility index (Phi) is 7.51. The standard InChI is InChI=1S/C20H30N4O3S/c1-20(2,3)16-12-28-17(24-16)11-23-19(21-4)22-10-13-8-14(25-5)18(27-7)15(9-13)26-6/h8-9,12H,10-11H2,1-7H3,(H2,21,22,23). The molecule has 0 radical (unpaired) electrons. The number of nitrogens with zero attached hydrogens (tertiary/aromatic N) is 2. The van der Waals surface area contributed by atoms with Crippen molar-refractivity contribution in [2.24, 2.45) is 4.99 Å². The van der Waals surface area contributed by atoms with E-state index < -0.39 is 0 Å². The van der Waals surface area contributed by atoms with Gasteiger partial charge in [-0.2, -0.15) is 0 Å². The van der Waals surface area contributed by atoms with E-state index in [0.29, 0.717) is 36.3 Å². The highest BCUT2D eigenvalue weighted by Crippen LogP contribution is 2.38. The number of rotatable bonds is 7. The first-order chi connectivity index (χ1) is 13.3. The molecule has 0 amide bonds. The minimum Gasteiger partial charge on any atom is -0.493 e. The van der Waals surface area contributed by atoms with Crippen LogP contribution in [0.25, 0.3) is 0 Å². The van der Waals surface area contributed by atoms with Gasteiger partial charge in [0.05, 0.1) is 33.6 Å². The Morgan fingerprint density at radius 1 is 1.04 bits per heavy atom. The fourth-order valence-corrected chi connectivity index (χ4v) is 3.50. The van der Waals surface area contributed by atoms with Gasteiger partial charge < -0.3 is 24.8 Å². The van der Waals surface area contributed by atoms with Crippen LogP contribution in [0.1, 0.15) is 37.0 Å². The fourth-order valence-electron chi connectivity index (χ4n) is 2.54. The summed E-state index contributed by atoms with van der Waals surface area (Å²) in [6, 6.07) is 3.83. The van der Waals surface area contributed by atoms with Gasteiger partial charge >= 0.3 is 0 Å². The van der Waals surface area contributed by atoms with Gasteiger partial charge in [-0.15, -0.1) is 11.3 Å². The second kappa shape index (κ2) is 9.64. The lowest BCUT2D eigenvalue weighted by Crippen LogP contribution is -2.36. The van der Waals surface area contributed by atoms with E-state index in [9.17, 15) is 0 Å². The van der Waals surface area contributed by atoms with E-state index in [1.807, 2.05) is 12.1 Å². The van der Waals surface area contributed by atoms with Crippen molar-refractivity contribution in [2.75, 3.05) is 28.4 Å². The monoisotopic (exact) mass is 406 g/mol. The quantitative estimate of drug-likeness (QED) is 0.543. The van der Waals surface area contributed by atoms with Crippen LogP contribution in [0.15, 0.2) is 22.5 Å². The summed E-state index contributed by atoms with van der Waals surface area (Å²) in [6.45, 7) is 7.67. The van der Waals surface area contributed by atoms with Gasteiger partial charge in [-0.25, -0.2) is 4.98 Å². The normalized spacial score (nSPS) is 11.9. The number of hydrogen-bond donors (Lipinski definition) is 2. The van der Waals surface area contributed by atoms with Crippen molar-refractivity contribution in [1.82, 2.24) is 15.6 Å². The molecule has 2 N–H and O–H groups in total. The summed E-state index contributed by atoms with van der Waals surface area (Å²) in [5.41, 5.74) is 2.15. The molecule has 1 aromatic heterocycles. The molecule has 1 aromatic carbocycles. The number of methoxy groups -OCH3 is 3. The lowest BCUT2D eigenvalue weighted by molar-refractivity contribution is 0.323. The van der Waals surface area contributed by atoms with E-state index in [1.54, 1.807) is 39.7 Å². The molecule has 2 rings (SSSR count). The van der Waals surface area contributed by atoms with Crippen LogP contribution in [0.2, 0.25) is 0 Å². The van der Waals surface area contributed by atoms with Crippen molar-refractivity contribution in [2.45, 2.75) is 39.3 Å². The molecule has 28 heavy (non-hydrogen) atoms. The number of nitrogens with one attached hydrogen (secondary N) is 2. The summed E-state index contributed by atoms with van der Waals surface area (Å²) in [4.78, 5) is 8.97. The Balaban J connectivity index is 1.99. The molecule has 0 atom stereocenters. The van der Waals surface area contributed by atoms with Crippen LogP contribution in [0, 0.1) is 0 Å². The minimum atomic E-state index is 0.0567. The lowest BCUT2D eigenvalue weighted by atomic mass is 9.93. The molecule has 8 heteroatoms. The van der Waals surface area contributed by atoms with Gasteiger partial charge in [0.25, 0.3) is 0 Å². The van der Waals surface area contributed by atoms with Gasteiger partial charge in [-0.05, 0) is 17.7 Å². The Morgan fingerprint density at radius 3 is 2.11 bits per heavy atom. The number of ether oxygens (including phenoxy) is 3. The SMILES string of the molecule is CN=C(NCc1cc(OC)c(OC)c(OC)c1)NCc1nc(C(C)(C)C)cs1. The molecule has 0 spiro atoms. The molecular weight excluding hydrogens is 376 g/mol. The topological polar surface area (TPSA) is 77.0 Å². The molecule has 0 aliphatic carbocycles. The van der Waals surface area contributed by atoms with Crippen molar-refractivity contribution in [3.63, 3.8) is 0 Å². The Hall–Kier alpha value is -2.48. The summed E-state index contributed by atoms with van der Waals surface area (Å²) in [7, 11) is 6.55. The third-order valence-corrected chi connectivity index (χ3v) is 4.98. The maximum atomic E-state index is 5.40. The Bertz CT molecular complexity index is 787. The first kappa shape index (κ1) is 21.8. The summed E-state index contributed by atoms with van der Waals surface area (Å²) in [6.07, 6.45) is 0. The van der Waals surface area contributed by atoms with Gasteiger partial charge in [0.2, 0.25) is 5.75 Å². The molecule has 154 valence electrons. The van der Waals surface area contributed by atoms with Crippen molar-refractivity contribution >= 4 is 17.3 Å². The highest BCUT2D eigenvalue weighted by atomic mass is 32.1. The van der Waals surface area contributed by atoms with Crippen LogP contribution >= 0.6 is 11.3 Å². The zero-order valence-corrected chi connectivity index (χ0v) is 18.5. The zero-order valence-electron chi connectivity index (χ0n) is 17.7. The fraction of sp³-hybridized carbons (Fsp3) is 0.500. The molecule has 0 bridgehead atoms. The molecular formula is C20H30N4O3S. The molecule has 0 saturated carbocycles. The Morgan fingerprint density at radius 2 is 1.64 bits per heavy atom. The second-order valence-electron chi connectivity index (χ2n) is 7.19. The number of aromatic nitrogens is 1. The van der Waals surface area contributed by atoms with Gasteiger partial charge in [-0.1, -0.05) is 20.8 Å². The third kappa shape index (κ3) is 5.51. The van der Waals surface area contributed by atoms with E-state index in [4.69, 9.17) is 19.2 Å². The first-order valence-corrected chi connectivity index (χ1v) is 9.88. The summed E-state index contributed by atoms with van der Waals surface area (Å²) in [5, 5.41) is 9.74. The molecule has 0 aliphatic rings. The molecule has 0 unspecified atom stereocenters. The molecule has 0 aliphatic heterocycles. The number of thiazole rings is 1. The van der Waals surface area contributed by atoms with E-state index in [0.717, 1.165) is 16.3 Å². The van der Waals surface area contributed by atoms with Crippen LogP contribution < -0.4 is 24.8 Å². The predicted molar refractivity (Wildman–Crippen MR) is 114 cm³/mol. The average molecular weight is 407 g/mol. The molecule has 1 heterocycles. The third-order valence-electron chi connectivity index (χ3n) is 4.14. The maximum Gasteiger partial charge on any atom is 0.203 e. The van der Waals surface area contributed by atoms with E-state index in [1.165, 1.54) is 0 Å². The highest BCUT2D eigenvalue weighted by molar-refractivity contribution is 7.09. The zero-order chi connectivity index (χ0) is 20.7. The van der Waals surface area contributed by atoms with Gasteiger partial charge in [0, 0.05) is 24.4 Å². The second-order valence-corrected chi connectivity index (χ2v) is 8.13. The van der Waals surface area contributed by atoms with Crippen molar-refractivity contribution < 1.29 is 14.2 Å². The van der Waals surface area contributed by atoms with Crippen molar-refractivity contribution in [3.8, 4) is 17.2 Å². The van der Waals surface area contributed by atoms with E-state index in [-0.39, 0.29) is 5.41 Å². The molecule has 0 saturated heterocycles. The smallest absolute Gasteiger partial charge is 0.203 e. The first-order valence-electron chi connectivity index (χ1n) is 9.00. The molecule has 7 nitrogen and oxygen atoms in total. The number of hydrogen-bond acceptors (Lipinski definition) is 6.